The SMILES string of the molecule is CC.CC[C@H]1CN(CC(N)C(=O)N2C(C#N)CCC3CC32)CCN1Cc1cccc(C(=O)O)c1.CO. The first-order valence-electron chi connectivity index (χ1n) is 13.1. The molecule has 3 fully saturated rings. The van der Waals surface area contributed by atoms with Crippen LogP contribution in [0.5, 0.6) is 0 Å². The molecule has 1 saturated carbocycles. The topological polar surface area (TPSA) is 134 Å². The Kier molecular flexibility index (Phi) is 11.8. The smallest absolute Gasteiger partial charge is 0.335 e. The standard InChI is InChI=1S/C24H33N5O3.C2H6.CH4O/c1-2-19-14-27(8-9-28(19)13-16-4-3-5-18(10-16)24(31)32)15-21(26)23(30)29-20(12-25)7-6-17-11-22(17)29;2*1-2/h3-5,10,17,19-22H,2,6-9,11,13-15,26H2,1H3,(H,31,32);1-2H3;2H,1H3/t17?,19-,20?,21?,22?;;/m0../s1. The molecule has 1 aliphatic carbocycles. The molecule has 2 saturated heterocycles. The number of rotatable bonds is 7. The number of aliphatic hydroxyl groups excluding tert-OH is 1. The van der Waals surface area contributed by atoms with Gasteiger partial charge in [-0.05, 0) is 49.3 Å². The highest BCUT2D eigenvalue weighted by Gasteiger charge is 2.51. The monoisotopic (exact) mass is 501 g/mol. The molecule has 4 unspecified atom stereocenters. The molecule has 5 atom stereocenters. The molecule has 0 aromatic heterocycles. The van der Waals surface area contributed by atoms with E-state index in [0.29, 0.717) is 30.6 Å². The fraction of sp³-hybridized carbons (Fsp3) is 0.667. The van der Waals surface area contributed by atoms with E-state index in [2.05, 4.69) is 22.8 Å². The molecule has 1 aromatic rings. The minimum absolute atomic E-state index is 0.0790. The average Bonchev–Trinajstić information content (AvgIpc) is 3.71. The maximum absolute atomic E-state index is 13.1. The summed E-state index contributed by atoms with van der Waals surface area (Å²) in [6.07, 6.45) is 3.77. The normalized spacial score (nSPS) is 26.2. The third-order valence-corrected chi connectivity index (χ3v) is 7.28. The molecule has 1 aromatic carbocycles. The quantitative estimate of drug-likeness (QED) is 0.517. The zero-order chi connectivity index (χ0) is 26.8. The summed E-state index contributed by atoms with van der Waals surface area (Å²) in [5.41, 5.74) is 7.66. The van der Waals surface area contributed by atoms with Crippen LogP contribution in [-0.2, 0) is 11.3 Å². The highest BCUT2D eigenvalue weighted by molar-refractivity contribution is 5.87. The van der Waals surface area contributed by atoms with Gasteiger partial charge in [-0.15, -0.1) is 0 Å². The number of piperidine rings is 1. The van der Waals surface area contributed by atoms with E-state index in [1.54, 1.807) is 23.1 Å². The summed E-state index contributed by atoms with van der Waals surface area (Å²) < 4.78 is 0. The number of nitriles is 1. The van der Waals surface area contributed by atoms with E-state index >= 15 is 0 Å². The second-order valence-electron chi connectivity index (χ2n) is 9.44. The summed E-state index contributed by atoms with van der Waals surface area (Å²) in [6, 6.07) is 9.00. The first-order chi connectivity index (χ1) is 17.4. The molecule has 2 heterocycles. The van der Waals surface area contributed by atoms with Crippen molar-refractivity contribution in [3.05, 3.63) is 35.4 Å². The van der Waals surface area contributed by atoms with Crippen molar-refractivity contribution in [1.29, 1.82) is 5.26 Å². The average molecular weight is 502 g/mol. The molecule has 36 heavy (non-hydrogen) atoms. The van der Waals surface area contributed by atoms with Crippen molar-refractivity contribution in [3.8, 4) is 6.07 Å². The second-order valence-corrected chi connectivity index (χ2v) is 9.44. The Morgan fingerprint density at radius 2 is 1.94 bits per heavy atom. The molecule has 0 bridgehead atoms. The summed E-state index contributed by atoms with van der Waals surface area (Å²) in [7, 11) is 1.00. The lowest BCUT2D eigenvalue weighted by atomic mass is 10.0. The minimum atomic E-state index is -0.910. The van der Waals surface area contributed by atoms with E-state index in [1.807, 2.05) is 19.9 Å². The molecule has 1 amide bonds. The van der Waals surface area contributed by atoms with E-state index < -0.39 is 12.0 Å². The Morgan fingerprint density at radius 3 is 2.58 bits per heavy atom. The number of aliphatic hydroxyl groups is 1. The molecule has 3 aliphatic rings. The molecule has 0 spiro atoms. The number of fused-ring (bicyclic) bond motifs is 1. The Morgan fingerprint density at radius 1 is 1.22 bits per heavy atom. The number of carbonyl (C=O) groups is 2. The molecule has 9 heteroatoms. The summed E-state index contributed by atoms with van der Waals surface area (Å²) in [6.45, 7) is 9.83. The van der Waals surface area contributed by atoms with Gasteiger partial charge in [-0.25, -0.2) is 4.79 Å². The van der Waals surface area contributed by atoms with Gasteiger partial charge >= 0.3 is 5.97 Å². The summed E-state index contributed by atoms with van der Waals surface area (Å²) >= 11 is 0. The number of amides is 1. The molecule has 0 radical (unpaired) electrons. The summed E-state index contributed by atoms with van der Waals surface area (Å²) in [5.74, 6) is -0.430. The zero-order valence-electron chi connectivity index (χ0n) is 22.1. The van der Waals surface area contributed by atoms with E-state index in [0.717, 1.165) is 58.0 Å². The Balaban J connectivity index is 0.00000109. The van der Waals surface area contributed by atoms with Crippen LogP contribution >= 0.6 is 0 Å². The molecule has 2 aliphatic heterocycles. The number of nitrogens with zero attached hydrogens (tertiary/aromatic N) is 4. The predicted octanol–water partition coefficient (Wildman–Crippen LogP) is 2.15. The van der Waals surface area contributed by atoms with Gasteiger partial charge in [0.15, 0.2) is 0 Å². The molecule has 4 N–H and O–H groups in total. The van der Waals surface area contributed by atoms with Crippen LogP contribution < -0.4 is 5.73 Å². The van der Waals surface area contributed by atoms with Gasteiger partial charge in [-0.1, -0.05) is 32.9 Å². The van der Waals surface area contributed by atoms with Crippen molar-refractivity contribution in [2.75, 3.05) is 33.3 Å². The van der Waals surface area contributed by atoms with E-state index in [-0.39, 0.29) is 18.0 Å². The second kappa shape index (κ2) is 14.3. The fourth-order valence-electron chi connectivity index (χ4n) is 5.37. The third kappa shape index (κ3) is 7.26. The molecular weight excluding hydrogens is 458 g/mol. The third-order valence-electron chi connectivity index (χ3n) is 7.28. The molecular formula is C27H43N5O4. The summed E-state index contributed by atoms with van der Waals surface area (Å²) in [5, 5.41) is 25.7. The largest absolute Gasteiger partial charge is 0.478 e. The van der Waals surface area contributed by atoms with Crippen molar-refractivity contribution in [2.45, 2.75) is 77.2 Å². The van der Waals surface area contributed by atoms with Gasteiger partial charge in [0.05, 0.1) is 17.7 Å². The molecule has 200 valence electrons. The van der Waals surface area contributed by atoms with Gasteiger partial charge in [-0.3, -0.25) is 14.6 Å². The number of carboxylic acid groups (broad SMARTS) is 1. The lowest BCUT2D eigenvalue weighted by Gasteiger charge is -2.42. The van der Waals surface area contributed by atoms with Crippen LogP contribution in [0.1, 0.15) is 62.4 Å². The molecule has 9 nitrogen and oxygen atoms in total. The lowest BCUT2D eigenvalue weighted by Crippen LogP contribution is -2.58. The van der Waals surface area contributed by atoms with Crippen LogP contribution in [0.25, 0.3) is 0 Å². The van der Waals surface area contributed by atoms with Crippen LogP contribution in [0.15, 0.2) is 24.3 Å². The van der Waals surface area contributed by atoms with Crippen molar-refractivity contribution in [3.63, 3.8) is 0 Å². The predicted molar refractivity (Wildman–Crippen MR) is 139 cm³/mol. The Bertz CT molecular complexity index is 904. The maximum Gasteiger partial charge on any atom is 0.335 e. The van der Waals surface area contributed by atoms with Crippen LogP contribution in [-0.4, -0.2) is 94.2 Å². The highest BCUT2D eigenvalue weighted by atomic mass is 16.4. The number of hydrogen-bond acceptors (Lipinski definition) is 7. The number of benzene rings is 1. The maximum atomic E-state index is 13.1. The van der Waals surface area contributed by atoms with Crippen molar-refractivity contribution in [2.24, 2.45) is 11.7 Å². The van der Waals surface area contributed by atoms with Crippen LogP contribution in [0.3, 0.4) is 0 Å². The first-order valence-corrected chi connectivity index (χ1v) is 13.1. The number of aromatic carboxylic acids is 1. The Hall–Kier alpha value is -2.51. The summed E-state index contributed by atoms with van der Waals surface area (Å²) in [4.78, 5) is 30.8. The van der Waals surface area contributed by atoms with Gasteiger partial charge in [0.25, 0.3) is 0 Å². The number of likely N-dealkylation sites (tertiary alicyclic amines) is 1. The van der Waals surface area contributed by atoms with Crippen molar-refractivity contribution < 1.29 is 19.8 Å². The van der Waals surface area contributed by atoms with Crippen LogP contribution in [0.2, 0.25) is 0 Å². The highest BCUT2D eigenvalue weighted by Crippen LogP contribution is 2.45. The van der Waals surface area contributed by atoms with Gasteiger partial charge in [0, 0.05) is 51.9 Å². The van der Waals surface area contributed by atoms with Gasteiger partial charge in [0.2, 0.25) is 5.91 Å². The minimum Gasteiger partial charge on any atom is -0.478 e. The van der Waals surface area contributed by atoms with E-state index in [4.69, 9.17) is 10.8 Å². The molecule has 4 rings (SSSR count). The van der Waals surface area contributed by atoms with Crippen molar-refractivity contribution in [1.82, 2.24) is 14.7 Å². The zero-order valence-corrected chi connectivity index (χ0v) is 22.1. The van der Waals surface area contributed by atoms with Gasteiger partial charge in [-0.2, -0.15) is 5.26 Å². The fourth-order valence-corrected chi connectivity index (χ4v) is 5.37. The lowest BCUT2D eigenvalue weighted by molar-refractivity contribution is -0.136. The number of nitrogens with two attached hydrogens (primary N) is 1. The van der Waals surface area contributed by atoms with Crippen LogP contribution in [0, 0.1) is 17.2 Å². The van der Waals surface area contributed by atoms with Crippen LogP contribution in [0.4, 0.5) is 0 Å². The van der Waals surface area contributed by atoms with Gasteiger partial charge in [0.1, 0.15) is 6.04 Å². The number of piperazine rings is 1. The Labute approximate surface area is 215 Å². The first kappa shape index (κ1) is 29.7. The van der Waals surface area contributed by atoms with Crippen molar-refractivity contribution >= 4 is 11.9 Å². The van der Waals surface area contributed by atoms with Gasteiger partial charge < -0.3 is 20.8 Å². The number of carboxylic acids is 1. The van der Waals surface area contributed by atoms with E-state index in [9.17, 15) is 20.0 Å². The number of hydrogen-bond donors (Lipinski definition) is 3. The van der Waals surface area contributed by atoms with E-state index in [1.165, 1.54) is 0 Å². The number of carbonyl (C=O) groups excluding carboxylic acids is 1.